The molecular formula is C18H26N4O5. The number of carboxylic acids is 1. The fourth-order valence-electron chi connectivity index (χ4n) is 2.40. The Morgan fingerprint density at radius 1 is 1.19 bits per heavy atom. The number of hydrazone groups is 1. The number of methoxy groups -OCH3 is 1. The average molecular weight is 378 g/mol. The van der Waals surface area contributed by atoms with Gasteiger partial charge in [0, 0.05) is 25.6 Å². The summed E-state index contributed by atoms with van der Waals surface area (Å²) in [7, 11) is 1.44. The van der Waals surface area contributed by atoms with Crippen LogP contribution in [0.4, 0.5) is 5.69 Å². The molecule has 1 aromatic carbocycles. The van der Waals surface area contributed by atoms with Crippen LogP contribution in [-0.2, 0) is 19.1 Å². The van der Waals surface area contributed by atoms with Crippen LogP contribution in [0.1, 0.15) is 32.3 Å². The molecule has 0 fully saturated rings. The molecule has 9 heteroatoms. The molecule has 0 aliphatic rings. The molecule has 1 aromatic rings. The van der Waals surface area contributed by atoms with Crippen LogP contribution in [-0.4, -0.2) is 48.4 Å². The molecule has 0 heterocycles. The van der Waals surface area contributed by atoms with E-state index in [0.717, 1.165) is 5.56 Å². The van der Waals surface area contributed by atoms with Crippen LogP contribution in [0.3, 0.4) is 0 Å². The molecule has 0 bridgehead atoms. The van der Waals surface area contributed by atoms with Crippen molar-refractivity contribution in [2.75, 3.05) is 12.4 Å². The van der Waals surface area contributed by atoms with E-state index in [1.165, 1.54) is 20.2 Å². The largest absolute Gasteiger partial charge is 0.481 e. The number of nitrogens with one attached hydrogen (secondary N) is 2. The van der Waals surface area contributed by atoms with Gasteiger partial charge in [-0.3, -0.25) is 14.4 Å². The molecular weight excluding hydrogens is 352 g/mol. The van der Waals surface area contributed by atoms with Crippen LogP contribution in [0.5, 0.6) is 0 Å². The van der Waals surface area contributed by atoms with Gasteiger partial charge < -0.3 is 26.3 Å². The van der Waals surface area contributed by atoms with Crippen molar-refractivity contribution >= 4 is 29.7 Å². The number of amides is 2. The molecule has 0 radical (unpaired) electrons. The predicted molar refractivity (Wildman–Crippen MR) is 101 cm³/mol. The quantitative estimate of drug-likeness (QED) is 0.271. The monoisotopic (exact) mass is 378 g/mol. The third kappa shape index (κ3) is 7.45. The molecule has 3 unspecified atom stereocenters. The molecule has 0 aliphatic heterocycles. The summed E-state index contributed by atoms with van der Waals surface area (Å²) in [5.41, 5.74) is 1.38. The van der Waals surface area contributed by atoms with Gasteiger partial charge in [0.15, 0.2) is 0 Å². The van der Waals surface area contributed by atoms with Crippen molar-refractivity contribution in [1.82, 2.24) is 5.32 Å². The highest BCUT2D eigenvalue weighted by Crippen LogP contribution is 2.12. The van der Waals surface area contributed by atoms with Gasteiger partial charge in [-0.2, -0.15) is 5.10 Å². The zero-order valence-electron chi connectivity index (χ0n) is 15.6. The van der Waals surface area contributed by atoms with E-state index in [1.807, 2.05) is 0 Å². The third-order valence-corrected chi connectivity index (χ3v) is 4.13. The summed E-state index contributed by atoms with van der Waals surface area (Å²) in [6.45, 7) is 3.17. The minimum atomic E-state index is -1.04. The lowest BCUT2D eigenvalue weighted by atomic mass is 9.97. The predicted octanol–water partition coefficient (Wildman–Crippen LogP) is 0.938. The van der Waals surface area contributed by atoms with Crippen LogP contribution in [0, 0.1) is 5.92 Å². The number of benzene rings is 1. The third-order valence-electron chi connectivity index (χ3n) is 4.13. The summed E-state index contributed by atoms with van der Waals surface area (Å²) in [6, 6.07) is 6.17. The maximum Gasteiger partial charge on any atom is 0.308 e. The first-order valence-electron chi connectivity index (χ1n) is 8.46. The van der Waals surface area contributed by atoms with E-state index in [4.69, 9.17) is 15.7 Å². The summed E-state index contributed by atoms with van der Waals surface area (Å²) in [5.74, 6) is 2.46. The van der Waals surface area contributed by atoms with Gasteiger partial charge in [0.1, 0.15) is 0 Å². The highest BCUT2D eigenvalue weighted by atomic mass is 16.5. The zero-order chi connectivity index (χ0) is 20.4. The number of rotatable bonds is 10. The first-order valence-corrected chi connectivity index (χ1v) is 8.46. The molecule has 0 saturated heterocycles. The van der Waals surface area contributed by atoms with Crippen molar-refractivity contribution < 1.29 is 24.2 Å². The number of aliphatic carboxylic acids is 1. The van der Waals surface area contributed by atoms with Crippen molar-refractivity contribution in [3.8, 4) is 0 Å². The standard InChI is InChI=1S/C18H26N4O5/c1-11(18(25)26)17(12(2)27-3)22-16(24)9-8-15(23)21-14-6-4-13(5-7-14)10-20-19/h4-7,10-12,17H,8-9,19H2,1-3H3,(H,21,23)(H,22,24)(H,25,26). The Kier molecular flexibility index (Phi) is 8.94. The smallest absolute Gasteiger partial charge is 0.308 e. The van der Waals surface area contributed by atoms with Crippen molar-refractivity contribution in [3.05, 3.63) is 29.8 Å². The fourth-order valence-corrected chi connectivity index (χ4v) is 2.40. The van der Waals surface area contributed by atoms with Gasteiger partial charge in [-0.05, 0) is 31.5 Å². The first-order chi connectivity index (χ1) is 12.8. The maximum atomic E-state index is 12.1. The number of carbonyl (C=O) groups excluding carboxylic acids is 2. The number of nitrogens with zero attached hydrogens (tertiary/aromatic N) is 1. The number of nitrogens with two attached hydrogens (primary N) is 1. The molecule has 1 rings (SSSR count). The highest BCUT2D eigenvalue weighted by molar-refractivity contribution is 5.93. The van der Waals surface area contributed by atoms with E-state index in [1.54, 1.807) is 31.2 Å². The summed E-state index contributed by atoms with van der Waals surface area (Å²) in [4.78, 5) is 35.3. The summed E-state index contributed by atoms with van der Waals surface area (Å²) >= 11 is 0. The Morgan fingerprint density at radius 2 is 1.78 bits per heavy atom. The van der Waals surface area contributed by atoms with Crippen LogP contribution < -0.4 is 16.5 Å². The second kappa shape index (κ2) is 10.9. The molecule has 0 aliphatic carbocycles. The first kappa shape index (κ1) is 22.1. The van der Waals surface area contributed by atoms with E-state index >= 15 is 0 Å². The van der Waals surface area contributed by atoms with E-state index < -0.39 is 29.9 Å². The average Bonchev–Trinajstić information content (AvgIpc) is 2.65. The van der Waals surface area contributed by atoms with Gasteiger partial charge in [0.25, 0.3) is 0 Å². The number of carboxylic acid groups (broad SMARTS) is 1. The van der Waals surface area contributed by atoms with E-state index in [2.05, 4.69) is 15.7 Å². The number of anilines is 1. The normalized spacial score (nSPS) is 14.3. The van der Waals surface area contributed by atoms with Crippen LogP contribution in [0.15, 0.2) is 29.4 Å². The van der Waals surface area contributed by atoms with Crippen molar-refractivity contribution in [3.63, 3.8) is 0 Å². The fraction of sp³-hybridized carbons (Fsp3) is 0.444. The van der Waals surface area contributed by atoms with E-state index in [0.29, 0.717) is 5.69 Å². The zero-order valence-corrected chi connectivity index (χ0v) is 15.6. The Balaban J connectivity index is 2.54. The Morgan fingerprint density at radius 3 is 2.30 bits per heavy atom. The van der Waals surface area contributed by atoms with E-state index in [9.17, 15) is 14.4 Å². The summed E-state index contributed by atoms with van der Waals surface area (Å²) in [6.07, 6.45) is 0.895. The van der Waals surface area contributed by atoms with Gasteiger partial charge in [0.2, 0.25) is 11.8 Å². The molecule has 3 atom stereocenters. The summed E-state index contributed by atoms with van der Waals surface area (Å²) in [5, 5.41) is 17.9. The van der Waals surface area contributed by atoms with Gasteiger partial charge in [-0.15, -0.1) is 0 Å². The number of hydrogen-bond donors (Lipinski definition) is 4. The molecule has 148 valence electrons. The molecule has 5 N–H and O–H groups in total. The van der Waals surface area contributed by atoms with Crippen molar-refractivity contribution in [1.29, 1.82) is 0 Å². The highest BCUT2D eigenvalue weighted by Gasteiger charge is 2.30. The lowest BCUT2D eigenvalue weighted by Gasteiger charge is -2.27. The van der Waals surface area contributed by atoms with Gasteiger partial charge >= 0.3 is 5.97 Å². The lowest BCUT2D eigenvalue weighted by Crippen LogP contribution is -2.49. The maximum absolute atomic E-state index is 12.1. The Bertz CT molecular complexity index is 675. The molecule has 2 amide bonds. The van der Waals surface area contributed by atoms with Crippen LogP contribution >= 0.6 is 0 Å². The Hall–Kier alpha value is -2.94. The topological polar surface area (TPSA) is 143 Å². The molecule has 0 saturated carbocycles. The second-order valence-electron chi connectivity index (χ2n) is 6.11. The van der Waals surface area contributed by atoms with E-state index in [-0.39, 0.29) is 18.7 Å². The minimum absolute atomic E-state index is 0.0343. The molecule has 9 nitrogen and oxygen atoms in total. The second-order valence-corrected chi connectivity index (χ2v) is 6.11. The number of ether oxygens (including phenoxy) is 1. The van der Waals surface area contributed by atoms with Gasteiger partial charge in [-0.25, -0.2) is 0 Å². The van der Waals surface area contributed by atoms with Crippen molar-refractivity contribution in [2.45, 2.75) is 38.8 Å². The van der Waals surface area contributed by atoms with Crippen LogP contribution in [0.2, 0.25) is 0 Å². The number of carbonyl (C=O) groups is 3. The molecule has 27 heavy (non-hydrogen) atoms. The van der Waals surface area contributed by atoms with Crippen LogP contribution in [0.25, 0.3) is 0 Å². The lowest BCUT2D eigenvalue weighted by molar-refractivity contribution is -0.144. The molecule has 0 aromatic heterocycles. The van der Waals surface area contributed by atoms with Gasteiger partial charge in [-0.1, -0.05) is 12.1 Å². The summed E-state index contributed by atoms with van der Waals surface area (Å²) < 4.78 is 5.14. The van der Waals surface area contributed by atoms with Crippen molar-refractivity contribution in [2.24, 2.45) is 16.9 Å². The minimum Gasteiger partial charge on any atom is -0.481 e. The number of hydrogen-bond acceptors (Lipinski definition) is 6. The molecule has 0 spiro atoms. The van der Waals surface area contributed by atoms with Gasteiger partial charge in [0.05, 0.1) is 24.3 Å². The SMILES string of the molecule is COC(C)C(NC(=O)CCC(=O)Nc1ccc(C=NN)cc1)C(C)C(=O)O. The Labute approximate surface area is 158 Å².